The van der Waals surface area contributed by atoms with Crippen LogP contribution < -0.4 is 0 Å². The Hall–Kier alpha value is -0.730. The van der Waals surface area contributed by atoms with Crippen LogP contribution in [0.4, 0.5) is 4.79 Å². The van der Waals surface area contributed by atoms with Gasteiger partial charge in [-0.1, -0.05) is 6.92 Å². The summed E-state index contributed by atoms with van der Waals surface area (Å²) in [6.07, 6.45) is 0.235. The first-order chi connectivity index (χ1) is 4.95. The van der Waals surface area contributed by atoms with Crippen molar-refractivity contribution in [2.24, 2.45) is 0 Å². The number of hydrogen-bond donors (Lipinski definition) is 0. The monoisotopic (exact) mass is 160 g/mol. The van der Waals surface area contributed by atoms with Crippen LogP contribution in [0.15, 0.2) is 0 Å². The van der Waals surface area contributed by atoms with Crippen LogP contribution in [0.2, 0.25) is 0 Å². The molecule has 11 heavy (non-hydrogen) atoms. The first kappa shape index (κ1) is 10.3. The van der Waals surface area contributed by atoms with Gasteiger partial charge in [-0.15, -0.1) is 0 Å². The van der Waals surface area contributed by atoms with Crippen LogP contribution in [0.5, 0.6) is 0 Å². The maximum absolute atomic E-state index is 10.8. The molecule has 0 aromatic carbocycles. The molecule has 0 rings (SSSR count). The van der Waals surface area contributed by atoms with E-state index in [-0.39, 0.29) is 0 Å². The van der Waals surface area contributed by atoms with Crippen LogP contribution in [-0.2, 0) is 9.47 Å². The van der Waals surface area contributed by atoms with Gasteiger partial charge in [-0.3, -0.25) is 0 Å². The Morgan fingerprint density at radius 1 is 1.36 bits per heavy atom. The fraction of sp³-hybridized carbons (Fsp3) is 0.875. The Bertz CT molecular complexity index is 124. The lowest BCUT2D eigenvalue weighted by Crippen LogP contribution is -2.24. The summed E-state index contributed by atoms with van der Waals surface area (Å²) in [5, 5.41) is 0. The predicted octanol–water partition coefficient (Wildman–Crippen LogP) is 2.35. The van der Waals surface area contributed by atoms with Gasteiger partial charge in [-0.05, 0) is 27.2 Å². The van der Waals surface area contributed by atoms with Gasteiger partial charge in [0.1, 0.15) is 5.60 Å². The molecule has 0 radical (unpaired) electrons. The van der Waals surface area contributed by atoms with Gasteiger partial charge < -0.3 is 9.47 Å². The van der Waals surface area contributed by atoms with Crippen LogP contribution >= 0.6 is 0 Å². The van der Waals surface area contributed by atoms with Crippen molar-refractivity contribution in [1.82, 2.24) is 0 Å². The normalized spacial score (nSPS) is 10.9. The van der Waals surface area contributed by atoms with Gasteiger partial charge in [0.15, 0.2) is 0 Å². The van der Waals surface area contributed by atoms with E-state index in [1.807, 2.05) is 6.92 Å². The van der Waals surface area contributed by atoms with Crippen molar-refractivity contribution in [3.05, 3.63) is 0 Å². The van der Waals surface area contributed by atoms with Crippen molar-refractivity contribution in [2.45, 2.75) is 39.7 Å². The minimum atomic E-state index is -0.584. The van der Waals surface area contributed by atoms with Crippen LogP contribution in [0.1, 0.15) is 34.1 Å². The minimum absolute atomic E-state index is 0.426. The van der Waals surface area contributed by atoms with Gasteiger partial charge in [-0.25, -0.2) is 4.79 Å². The van der Waals surface area contributed by atoms with E-state index in [4.69, 9.17) is 9.47 Å². The molecule has 0 N–H and O–H groups in total. The number of rotatable bonds is 2. The van der Waals surface area contributed by atoms with Crippen LogP contribution in [-0.4, -0.2) is 18.4 Å². The highest BCUT2D eigenvalue weighted by atomic mass is 16.7. The molecular formula is C8H16O3. The van der Waals surface area contributed by atoms with Gasteiger partial charge in [0, 0.05) is 0 Å². The molecule has 0 aliphatic heterocycles. The van der Waals surface area contributed by atoms with E-state index in [9.17, 15) is 4.79 Å². The Labute approximate surface area is 67.7 Å². The molecule has 0 saturated heterocycles. The highest BCUT2D eigenvalue weighted by Gasteiger charge is 2.16. The van der Waals surface area contributed by atoms with Gasteiger partial charge >= 0.3 is 6.16 Å². The Morgan fingerprint density at radius 3 is 2.27 bits per heavy atom. The van der Waals surface area contributed by atoms with Crippen molar-refractivity contribution in [3.8, 4) is 0 Å². The second-order valence-electron chi connectivity index (χ2n) is 3.31. The number of carbonyl (C=O) groups is 1. The summed E-state index contributed by atoms with van der Waals surface area (Å²) in [6, 6.07) is 0. The lowest BCUT2D eigenvalue weighted by atomic mass is 10.2. The van der Waals surface area contributed by atoms with Crippen molar-refractivity contribution in [1.29, 1.82) is 0 Å². The highest BCUT2D eigenvalue weighted by Crippen LogP contribution is 2.07. The van der Waals surface area contributed by atoms with Crippen LogP contribution in [0, 0.1) is 0 Å². The van der Waals surface area contributed by atoms with Gasteiger partial charge in [-0.2, -0.15) is 0 Å². The molecule has 0 atom stereocenters. The average molecular weight is 160 g/mol. The molecule has 0 aromatic heterocycles. The van der Waals surface area contributed by atoms with Crippen molar-refractivity contribution in [3.63, 3.8) is 0 Å². The maximum Gasteiger partial charge on any atom is 0.508 e. The molecule has 0 amide bonds. The molecule has 0 saturated carbocycles. The summed E-state index contributed by atoms with van der Waals surface area (Å²) in [5.74, 6) is 0. The molecule has 0 spiro atoms. The van der Waals surface area contributed by atoms with E-state index in [0.717, 1.165) is 6.42 Å². The van der Waals surface area contributed by atoms with E-state index in [1.54, 1.807) is 20.8 Å². The zero-order valence-corrected chi connectivity index (χ0v) is 7.64. The van der Waals surface area contributed by atoms with Crippen molar-refractivity contribution >= 4 is 6.16 Å². The lowest BCUT2D eigenvalue weighted by molar-refractivity contribution is -0.00703. The topological polar surface area (TPSA) is 35.5 Å². The quantitative estimate of drug-likeness (QED) is 0.581. The van der Waals surface area contributed by atoms with E-state index in [2.05, 4.69) is 0 Å². The fourth-order valence-electron chi connectivity index (χ4n) is 0.465. The molecule has 0 bridgehead atoms. The second kappa shape index (κ2) is 4.21. The number of hydrogen-bond acceptors (Lipinski definition) is 3. The fourth-order valence-corrected chi connectivity index (χ4v) is 0.465. The third-order valence-electron chi connectivity index (χ3n) is 0.814. The molecule has 0 heterocycles. The summed E-state index contributed by atoms with van der Waals surface area (Å²) in [7, 11) is 0. The molecular weight excluding hydrogens is 144 g/mol. The zero-order chi connectivity index (χ0) is 8.91. The zero-order valence-electron chi connectivity index (χ0n) is 7.64. The van der Waals surface area contributed by atoms with Crippen LogP contribution in [0.25, 0.3) is 0 Å². The lowest BCUT2D eigenvalue weighted by Gasteiger charge is -2.18. The maximum atomic E-state index is 10.8. The molecule has 0 fully saturated rings. The standard InChI is InChI=1S/C8H16O3/c1-5-6-10-7(9)11-8(2,3)4/h5-6H2,1-4H3. The number of ether oxygens (including phenoxy) is 2. The highest BCUT2D eigenvalue weighted by molar-refractivity contribution is 5.60. The molecule has 0 aliphatic rings. The Balaban J connectivity index is 3.53. The van der Waals surface area contributed by atoms with E-state index in [0.29, 0.717) is 6.61 Å². The molecule has 0 unspecified atom stereocenters. The van der Waals surface area contributed by atoms with Gasteiger partial charge in [0.25, 0.3) is 0 Å². The molecule has 0 aromatic rings. The molecule has 66 valence electrons. The summed E-state index contributed by atoms with van der Waals surface area (Å²) < 4.78 is 9.58. The first-order valence-electron chi connectivity index (χ1n) is 3.81. The van der Waals surface area contributed by atoms with E-state index in [1.165, 1.54) is 0 Å². The summed E-state index contributed by atoms with van der Waals surface area (Å²) in [6.45, 7) is 7.78. The van der Waals surface area contributed by atoms with Gasteiger partial charge in [0.2, 0.25) is 0 Å². The number of carbonyl (C=O) groups excluding carboxylic acids is 1. The third kappa shape index (κ3) is 7.16. The Morgan fingerprint density at radius 2 is 1.91 bits per heavy atom. The second-order valence-corrected chi connectivity index (χ2v) is 3.31. The average Bonchev–Trinajstić information content (AvgIpc) is 1.79. The molecule has 3 nitrogen and oxygen atoms in total. The largest absolute Gasteiger partial charge is 0.508 e. The summed E-state index contributed by atoms with van der Waals surface area (Å²) in [5.41, 5.74) is -0.454. The van der Waals surface area contributed by atoms with E-state index >= 15 is 0 Å². The van der Waals surface area contributed by atoms with E-state index < -0.39 is 11.8 Å². The van der Waals surface area contributed by atoms with Crippen molar-refractivity contribution < 1.29 is 14.3 Å². The first-order valence-corrected chi connectivity index (χ1v) is 3.81. The predicted molar refractivity (Wildman–Crippen MR) is 42.5 cm³/mol. The molecule has 3 heteroatoms. The minimum Gasteiger partial charge on any atom is -0.434 e. The third-order valence-corrected chi connectivity index (χ3v) is 0.814. The summed E-state index contributed by atoms with van der Waals surface area (Å²) >= 11 is 0. The van der Waals surface area contributed by atoms with Crippen molar-refractivity contribution in [2.75, 3.05) is 6.61 Å². The van der Waals surface area contributed by atoms with Gasteiger partial charge in [0.05, 0.1) is 6.61 Å². The molecule has 0 aliphatic carbocycles. The SMILES string of the molecule is CCCOC(=O)OC(C)(C)C. The van der Waals surface area contributed by atoms with Crippen LogP contribution in [0.3, 0.4) is 0 Å². The summed E-state index contributed by atoms with van der Waals surface area (Å²) in [4.78, 5) is 10.8. The Kier molecular flexibility index (Phi) is 3.93. The smallest absolute Gasteiger partial charge is 0.434 e.